The summed E-state index contributed by atoms with van der Waals surface area (Å²) in [5, 5.41) is 0. The average Bonchev–Trinajstić information content (AvgIpc) is 2.25. The molecule has 0 amide bonds. The number of likely N-dealkylation sites (tertiary alicyclic amines) is 1. The van der Waals surface area contributed by atoms with Gasteiger partial charge in [0.05, 0.1) is 0 Å². The van der Waals surface area contributed by atoms with E-state index in [0.29, 0.717) is 23.5 Å². The summed E-state index contributed by atoms with van der Waals surface area (Å²) in [7, 11) is 0. The highest BCUT2D eigenvalue weighted by atomic mass is 16.1. The molecule has 0 N–H and O–H groups in total. The molecule has 2 aliphatic rings. The zero-order valence-corrected chi connectivity index (χ0v) is 10.7. The SMILES string of the molecule is CC1CC(=O)C(CN2CCCCC2)C(C)C1. The lowest BCUT2D eigenvalue weighted by atomic mass is 9.74. The molecule has 92 valence electrons. The predicted octanol–water partition coefficient (Wildman–Crippen LogP) is 2.72. The molecule has 2 rings (SSSR count). The largest absolute Gasteiger partial charge is 0.303 e. The fourth-order valence-corrected chi connectivity index (χ4v) is 3.40. The summed E-state index contributed by atoms with van der Waals surface area (Å²) in [5.74, 6) is 2.06. The first kappa shape index (κ1) is 12.1. The van der Waals surface area contributed by atoms with E-state index in [9.17, 15) is 4.79 Å². The van der Waals surface area contributed by atoms with E-state index in [2.05, 4.69) is 18.7 Å². The second-order valence-electron chi connectivity index (χ2n) is 5.96. The van der Waals surface area contributed by atoms with Crippen LogP contribution in [0.1, 0.15) is 46.0 Å². The maximum absolute atomic E-state index is 12.1. The number of nitrogens with zero attached hydrogens (tertiary/aromatic N) is 1. The van der Waals surface area contributed by atoms with E-state index in [-0.39, 0.29) is 0 Å². The minimum absolute atomic E-state index is 0.328. The molecule has 16 heavy (non-hydrogen) atoms. The molecule has 1 heterocycles. The van der Waals surface area contributed by atoms with Gasteiger partial charge in [0.15, 0.2) is 0 Å². The van der Waals surface area contributed by atoms with Gasteiger partial charge in [-0.15, -0.1) is 0 Å². The summed E-state index contributed by atoms with van der Waals surface area (Å²) in [6.07, 6.45) is 6.09. The number of rotatable bonds is 2. The van der Waals surface area contributed by atoms with Gasteiger partial charge >= 0.3 is 0 Å². The Kier molecular flexibility index (Phi) is 4.01. The molecular formula is C14H25NO. The van der Waals surface area contributed by atoms with Crippen LogP contribution in [-0.2, 0) is 4.79 Å². The number of carbonyl (C=O) groups is 1. The van der Waals surface area contributed by atoms with Gasteiger partial charge in [0.25, 0.3) is 0 Å². The lowest BCUT2D eigenvalue weighted by molar-refractivity contribution is -0.128. The highest BCUT2D eigenvalue weighted by molar-refractivity contribution is 5.82. The molecule has 1 aliphatic heterocycles. The zero-order valence-electron chi connectivity index (χ0n) is 10.7. The Morgan fingerprint density at radius 1 is 1.19 bits per heavy atom. The number of hydrogen-bond acceptors (Lipinski definition) is 2. The summed E-state index contributed by atoms with van der Waals surface area (Å²) in [6.45, 7) is 7.94. The number of hydrogen-bond donors (Lipinski definition) is 0. The molecule has 0 aromatic heterocycles. The Labute approximate surface area is 99.4 Å². The van der Waals surface area contributed by atoms with Crippen LogP contribution in [0, 0.1) is 17.8 Å². The van der Waals surface area contributed by atoms with Crippen LogP contribution in [0.25, 0.3) is 0 Å². The van der Waals surface area contributed by atoms with Gasteiger partial charge in [-0.05, 0) is 44.2 Å². The Morgan fingerprint density at radius 2 is 1.88 bits per heavy atom. The van der Waals surface area contributed by atoms with Crippen LogP contribution in [0.5, 0.6) is 0 Å². The fraction of sp³-hybridized carbons (Fsp3) is 0.929. The van der Waals surface area contributed by atoms with Crippen molar-refractivity contribution in [2.45, 2.75) is 46.0 Å². The van der Waals surface area contributed by atoms with E-state index >= 15 is 0 Å². The number of Topliss-reactive ketones (excluding diaryl/α,β-unsaturated/α-hetero) is 1. The van der Waals surface area contributed by atoms with Crippen LogP contribution < -0.4 is 0 Å². The first-order valence-corrected chi connectivity index (χ1v) is 6.92. The second kappa shape index (κ2) is 5.31. The van der Waals surface area contributed by atoms with Crippen molar-refractivity contribution in [2.24, 2.45) is 17.8 Å². The molecule has 2 heteroatoms. The van der Waals surface area contributed by atoms with Gasteiger partial charge in [-0.25, -0.2) is 0 Å². The zero-order chi connectivity index (χ0) is 11.5. The van der Waals surface area contributed by atoms with Gasteiger partial charge in [-0.1, -0.05) is 20.3 Å². The quantitative estimate of drug-likeness (QED) is 0.717. The lowest BCUT2D eigenvalue weighted by Crippen LogP contribution is -2.42. The molecule has 0 aromatic carbocycles. The van der Waals surface area contributed by atoms with Crippen molar-refractivity contribution >= 4 is 5.78 Å². The Bertz CT molecular complexity index is 245. The van der Waals surface area contributed by atoms with Gasteiger partial charge in [-0.3, -0.25) is 4.79 Å². The molecule has 0 spiro atoms. The molecule has 2 fully saturated rings. The summed E-state index contributed by atoms with van der Waals surface area (Å²) in [4.78, 5) is 14.6. The number of ketones is 1. The van der Waals surface area contributed by atoms with Crippen molar-refractivity contribution in [1.82, 2.24) is 4.90 Å². The minimum atomic E-state index is 0.328. The molecular weight excluding hydrogens is 198 g/mol. The Balaban J connectivity index is 1.89. The first-order chi connectivity index (χ1) is 7.66. The van der Waals surface area contributed by atoms with E-state index in [1.54, 1.807) is 0 Å². The molecule has 1 saturated heterocycles. The van der Waals surface area contributed by atoms with Crippen molar-refractivity contribution in [3.05, 3.63) is 0 Å². The van der Waals surface area contributed by atoms with Crippen LogP contribution in [0.3, 0.4) is 0 Å². The highest BCUT2D eigenvalue weighted by Gasteiger charge is 2.33. The first-order valence-electron chi connectivity index (χ1n) is 6.92. The molecule has 1 aliphatic carbocycles. The molecule has 3 atom stereocenters. The number of piperidine rings is 1. The Hall–Kier alpha value is -0.370. The highest BCUT2D eigenvalue weighted by Crippen LogP contribution is 2.31. The van der Waals surface area contributed by atoms with Crippen molar-refractivity contribution < 1.29 is 4.79 Å². The van der Waals surface area contributed by atoms with E-state index < -0.39 is 0 Å². The molecule has 3 unspecified atom stereocenters. The summed E-state index contributed by atoms with van der Waals surface area (Å²) >= 11 is 0. The monoisotopic (exact) mass is 223 g/mol. The van der Waals surface area contributed by atoms with Gasteiger partial charge in [-0.2, -0.15) is 0 Å². The smallest absolute Gasteiger partial charge is 0.137 e. The van der Waals surface area contributed by atoms with Crippen molar-refractivity contribution in [1.29, 1.82) is 0 Å². The average molecular weight is 223 g/mol. The van der Waals surface area contributed by atoms with E-state index in [1.165, 1.54) is 38.8 Å². The summed E-state index contributed by atoms with van der Waals surface area (Å²) in [5.41, 5.74) is 0. The normalized spacial score (nSPS) is 37.6. The molecule has 2 nitrogen and oxygen atoms in total. The van der Waals surface area contributed by atoms with E-state index in [0.717, 1.165) is 13.0 Å². The third kappa shape index (κ3) is 2.85. The predicted molar refractivity (Wildman–Crippen MR) is 66.4 cm³/mol. The Morgan fingerprint density at radius 3 is 2.50 bits per heavy atom. The molecule has 0 bridgehead atoms. The van der Waals surface area contributed by atoms with Crippen LogP contribution >= 0.6 is 0 Å². The van der Waals surface area contributed by atoms with E-state index in [1.807, 2.05) is 0 Å². The summed E-state index contributed by atoms with van der Waals surface area (Å²) in [6, 6.07) is 0. The van der Waals surface area contributed by atoms with Gasteiger partial charge in [0.2, 0.25) is 0 Å². The third-order valence-electron chi connectivity index (χ3n) is 4.33. The van der Waals surface area contributed by atoms with Crippen molar-refractivity contribution in [2.75, 3.05) is 19.6 Å². The topological polar surface area (TPSA) is 20.3 Å². The maximum atomic E-state index is 12.1. The maximum Gasteiger partial charge on any atom is 0.137 e. The van der Waals surface area contributed by atoms with Crippen LogP contribution in [-0.4, -0.2) is 30.3 Å². The van der Waals surface area contributed by atoms with Gasteiger partial charge < -0.3 is 4.90 Å². The van der Waals surface area contributed by atoms with Crippen molar-refractivity contribution in [3.63, 3.8) is 0 Å². The third-order valence-corrected chi connectivity index (χ3v) is 4.33. The standard InChI is InChI=1S/C14H25NO/c1-11-8-12(2)13(14(16)9-11)10-15-6-4-3-5-7-15/h11-13H,3-10H2,1-2H3. The number of carbonyl (C=O) groups excluding carboxylic acids is 1. The van der Waals surface area contributed by atoms with Crippen molar-refractivity contribution in [3.8, 4) is 0 Å². The second-order valence-corrected chi connectivity index (χ2v) is 5.96. The van der Waals surface area contributed by atoms with Crippen LogP contribution in [0.2, 0.25) is 0 Å². The molecule has 1 saturated carbocycles. The molecule has 0 radical (unpaired) electrons. The van der Waals surface area contributed by atoms with Gasteiger partial charge in [0, 0.05) is 18.9 Å². The van der Waals surface area contributed by atoms with Crippen LogP contribution in [0.4, 0.5) is 0 Å². The van der Waals surface area contributed by atoms with Crippen LogP contribution in [0.15, 0.2) is 0 Å². The van der Waals surface area contributed by atoms with Gasteiger partial charge in [0.1, 0.15) is 5.78 Å². The lowest BCUT2D eigenvalue weighted by Gasteiger charge is -2.36. The van der Waals surface area contributed by atoms with E-state index in [4.69, 9.17) is 0 Å². The molecule has 0 aromatic rings. The fourth-order valence-electron chi connectivity index (χ4n) is 3.40. The summed E-state index contributed by atoms with van der Waals surface area (Å²) < 4.78 is 0. The minimum Gasteiger partial charge on any atom is -0.303 e.